The number of carbonyl (C=O) groups is 4. The minimum Gasteiger partial charge on any atom is -0.336 e. The summed E-state index contributed by atoms with van der Waals surface area (Å²) >= 11 is 0. The highest BCUT2D eigenvalue weighted by Crippen LogP contribution is 2.19. The number of benzene rings is 1. The molecule has 2 saturated heterocycles. The molecule has 3 rings (SSSR count). The van der Waals surface area contributed by atoms with Crippen molar-refractivity contribution in [2.24, 2.45) is 0 Å². The van der Waals surface area contributed by atoms with E-state index in [-0.39, 0.29) is 12.1 Å². The van der Waals surface area contributed by atoms with Crippen LogP contribution in [0.2, 0.25) is 0 Å². The highest BCUT2D eigenvalue weighted by atomic mass is 19.2. The van der Waals surface area contributed by atoms with E-state index in [1.807, 2.05) is 0 Å². The van der Waals surface area contributed by atoms with Gasteiger partial charge in [-0.1, -0.05) is 6.92 Å². The van der Waals surface area contributed by atoms with Crippen molar-refractivity contribution in [2.75, 3.05) is 32.7 Å². The summed E-state index contributed by atoms with van der Waals surface area (Å²) in [6.07, 6.45) is 0.387. The SMILES string of the molecule is CCC1(C)NC(=O)N(NC(=O)CN2CCN(C(=O)c3ccc(F)c(F)c3)CC2)C1=O. The van der Waals surface area contributed by atoms with Gasteiger partial charge in [0.15, 0.2) is 11.6 Å². The Bertz CT molecular complexity index is 888. The molecule has 11 heteroatoms. The third-order valence-corrected chi connectivity index (χ3v) is 5.40. The molecule has 0 saturated carbocycles. The second-order valence-corrected chi connectivity index (χ2v) is 7.49. The van der Waals surface area contributed by atoms with E-state index in [4.69, 9.17) is 0 Å². The number of hydrogen-bond donors (Lipinski definition) is 2. The lowest BCUT2D eigenvalue weighted by Crippen LogP contribution is -2.54. The van der Waals surface area contributed by atoms with Crippen LogP contribution in [0.5, 0.6) is 0 Å². The lowest BCUT2D eigenvalue weighted by Gasteiger charge is -2.34. The maximum atomic E-state index is 13.4. The standard InChI is InChI=1S/C19H23F2N5O4/c1-3-19(2)17(29)26(18(30)22-19)23-15(27)11-24-6-8-25(9-7-24)16(28)12-4-5-13(20)14(21)10-12/h4-5,10H,3,6-9,11H2,1-2H3,(H,22,30)(H,23,27). The fraction of sp³-hybridized carbons (Fsp3) is 0.474. The Morgan fingerprint density at radius 1 is 1.13 bits per heavy atom. The summed E-state index contributed by atoms with van der Waals surface area (Å²) in [4.78, 5) is 52.2. The number of carbonyl (C=O) groups excluding carboxylic acids is 4. The zero-order valence-corrected chi connectivity index (χ0v) is 16.7. The molecule has 162 valence electrons. The molecule has 1 aromatic carbocycles. The average molecular weight is 423 g/mol. The first-order valence-corrected chi connectivity index (χ1v) is 9.57. The zero-order chi connectivity index (χ0) is 22.1. The Labute approximate surface area is 171 Å². The third kappa shape index (κ3) is 4.25. The number of hydrogen-bond acceptors (Lipinski definition) is 5. The van der Waals surface area contributed by atoms with E-state index in [0.29, 0.717) is 37.6 Å². The van der Waals surface area contributed by atoms with Crippen molar-refractivity contribution < 1.29 is 28.0 Å². The molecule has 0 radical (unpaired) electrons. The maximum absolute atomic E-state index is 13.4. The van der Waals surface area contributed by atoms with Gasteiger partial charge < -0.3 is 10.2 Å². The number of halogens is 2. The van der Waals surface area contributed by atoms with Gasteiger partial charge >= 0.3 is 6.03 Å². The van der Waals surface area contributed by atoms with Crippen LogP contribution < -0.4 is 10.7 Å². The van der Waals surface area contributed by atoms with Crippen LogP contribution in [0.4, 0.5) is 13.6 Å². The number of piperazine rings is 1. The molecular formula is C19H23F2N5O4. The van der Waals surface area contributed by atoms with Gasteiger partial charge in [-0.05, 0) is 31.5 Å². The molecule has 1 unspecified atom stereocenters. The summed E-state index contributed by atoms with van der Waals surface area (Å²) < 4.78 is 26.4. The Kier molecular flexibility index (Phi) is 6.01. The molecule has 2 N–H and O–H groups in total. The van der Waals surface area contributed by atoms with Crippen LogP contribution in [0.3, 0.4) is 0 Å². The van der Waals surface area contributed by atoms with Crippen molar-refractivity contribution in [3.8, 4) is 0 Å². The second kappa shape index (κ2) is 8.34. The average Bonchev–Trinajstić information content (AvgIpc) is 2.93. The molecule has 0 spiro atoms. The van der Waals surface area contributed by atoms with Gasteiger partial charge in [-0.2, -0.15) is 5.01 Å². The molecule has 9 nitrogen and oxygen atoms in total. The van der Waals surface area contributed by atoms with Gasteiger partial charge in [0.1, 0.15) is 5.54 Å². The molecule has 1 atom stereocenters. The molecule has 0 aromatic heterocycles. The van der Waals surface area contributed by atoms with E-state index in [2.05, 4.69) is 10.7 Å². The smallest absolute Gasteiger partial charge is 0.336 e. The Morgan fingerprint density at radius 2 is 1.80 bits per heavy atom. The van der Waals surface area contributed by atoms with Crippen LogP contribution in [0.1, 0.15) is 30.6 Å². The first kappa shape index (κ1) is 21.6. The van der Waals surface area contributed by atoms with Gasteiger partial charge in [-0.25, -0.2) is 13.6 Å². The molecule has 2 aliphatic heterocycles. The van der Waals surface area contributed by atoms with Crippen LogP contribution in [0.25, 0.3) is 0 Å². The first-order chi connectivity index (χ1) is 14.1. The summed E-state index contributed by atoms with van der Waals surface area (Å²) in [5.74, 6) is -3.58. The first-order valence-electron chi connectivity index (χ1n) is 9.57. The molecule has 2 aliphatic rings. The van der Waals surface area contributed by atoms with Crippen LogP contribution in [0, 0.1) is 11.6 Å². The fourth-order valence-corrected chi connectivity index (χ4v) is 3.31. The number of hydrazine groups is 1. The molecule has 0 bridgehead atoms. The Hall–Kier alpha value is -3.08. The number of nitrogens with one attached hydrogen (secondary N) is 2. The van der Waals surface area contributed by atoms with E-state index in [1.165, 1.54) is 11.0 Å². The lowest BCUT2D eigenvalue weighted by molar-refractivity contribution is -0.139. The zero-order valence-electron chi connectivity index (χ0n) is 16.7. The number of rotatable bonds is 5. The minimum atomic E-state index is -1.09. The summed E-state index contributed by atoms with van der Waals surface area (Å²) in [7, 11) is 0. The highest BCUT2D eigenvalue weighted by Gasteiger charge is 2.47. The topological polar surface area (TPSA) is 102 Å². The summed E-state index contributed by atoms with van der Waals surface area (Å²) in [5.41, 5.74) is 1.33. The van der Waals surface area contributed by atoms with E-state index >= 15 is 0 Å². The Balaban J connectivity index is 1.50. The summed E-state index contributed by atoms with van der Waals surface area (Å²) in [6.45, 7) is 4.61. The van der Waals surface area contributed by atoms with E-state index in [1.54, 1.807) is 18.7 Å². The van der Waals surface area contributed by atoms with Crippen molar-refractivity contribution in [1.82, 2.24) is 25.6 Å². The van der Waals surface area contributed by atoms with Gasteiger partial charge in [-0.15, -0.1) is 0 Å². The van der Waals surface area contributed by atoms with E-state index in [0.717, 1.165) is 12.1 Å². The molecule has 2 heterocycles. The Morgan fingerprint density at radius 3 is 2.37 bits per heavy atom. The number of amides is 5. The van der Waals surface area contributed by atoms with Crippen molar-refractivity contribution in [3.05, 3.63) is 35.4 Å². The normalized spacial score (nSPS) is 22.3. The monoisotopic (exact) mass is 423 g/mol. The van der Waals surface area contributed by atoms with Gasteiger partial charge in [0.2, 0.25) is 0 Å². The minimum absolute atomic E-state index is 0.0534. The number of urea groups is 1. The van der Waals surface area contributed by atoms with Gasteiger partial charge in [0.25, 0.3) is 17.7 Å². The van der Waals surface area contributed by atoms with Crippen molar-refractivity contribution in [1.29, 1.82) is 0 Å². The third-order valence-electron chi connectivity index (χ3n) is 5.40. The van der Waals surface area contributed by atoms with Crippen molar-refractivity contribution in [2.45, 2.75) is 25.8 Å². The molecule has 30 heavy (non-hydrogen) atoms. The van der Waals surface area contributed by atoms with Gasteiger partial charge in [0.05, 0.1) is 6.54 Å². The molecule has 1 aromatic rings. The highest BCUT2D eigenvalue weighted by molar-refractivity contribution is 6.07. The second-order valence-electron chi connectivity index (χ2n) is 7.49. The predicted molar refractivity (Wildman–Crippen MR) is 101 cm³/mol. The van der Waals surface area contributed by atoms with Gasteiger partial charge in [-0.3, -0.25) is 24.7 Å². The van der Waals surface area contributed by atoms with Crippen molar-refractivity contribution in [3.63, 3.8) is 0 Å². The molecular weight excluding hydrogens is 400 g/mol. The maximum Gasteiger partial charge on any atom is 0.344 e. The summed E-state index contributed by atoms with van der Waals surface area (Å²) in [6, 6.07) is 2.31. The van der Waals surface area contributed by atoms with Crippen LogP contribution in [-0.2, 0) is 9.59 Å². The van der Waals surface area contributed by atoms with E-state index < -0.39 is 40.9 Å². The van der Waals surface area contributed by atoms with E-state index in [9.17, 15) is 28.0 Å². The van der Waals surface area contributed by atoms with Crippen LogP contribution in [-0.4, -0.2) is 76.8 Å². The quantitative estimate of drug-likeness (QED) is 0.671. The molecule has 5 amide bonds. The van der Waals surface area contributed by atoms with Crippen molar-refractivity contribution >= 4 is 23.8 Å². The molecule has 0 aliphatic carbocycles. The van der Waals surface area contributed by atoms with Crippen LogP contribution in [0.15, 0.2) is 18.2 Å². The predicted octanol–water partition coefficient (Wildman–Crippen LogP) is 0.474. The summed E-state index contributed by atoms with van der Waals surface area (Å²) in [5, 5.41) is 3.23. The molecule has 2 fully saturated rings. The number of nitrogens with zero attached hydrogens (tertiary/aromatic N) is 3. The largest absolute Gasteiger partial charge is 0.344 e. The fourth-order valence-electron chi connectivity index (χ4n) is 3.31. The van der Waals surface area contributed by atoms with Gasteiger partial charge in [0, 0.05) is 31.7 Å². The van der Waals surface area contributed by atoms with Crippen LogP contribution >= 0.6 is 0 Å². The number of imide groups is 1. The lowest BCUT2D eigenvalue weighted by atomic mass is 10.00.